The van der Waals surface area contributed by atoms with Crippen molar-refractivity contribution in [1.82, 2.24) is 0 Å². The van der Waals surface area contributed by atoms with Gasteiger partial charge in [-0.2, -0.15) is 0 Å². The molecule has 1 N–H and O–H groups in total. The van der Waals surface area contributed by atoms with E-state index in [0.29, 0.717) is 22.0 Å². The lowest BCUT2D eigenvalue weighted by molar-refractivity contribution is -0.148. The lowest BCUT2D eigenvalue weighted by atomic mass is 10.0. The molecule has 0 saturated heterocycles. The van der Waals surface area contributed by atoms with Gasteiger partial charge in [0.05, 0.1) is 6.42 Å². The predicted molar refractivity (Wildman–Crippen MR) is 141 cm³/mol. The molecule has 1 amide bonds. The maximum absolute atomic E-state index is 12.7. The van der Waals surface area contributed by atoms with Crippen LogP contribution in [-0.4, -0.2) is 29.6 Å². The number of benzene rings is 3. The molecule has 0 radical (unpaired) electrons. The van der Waals surface area contributed by atoms with E-state index < -0.39 is 12.1 Å². The average Bonchev–Trinajstić information content (AvgIpc) is 2.86. The van der Waals surface area contributed by atoms with Gasteiger partial charge in [-0.1, -0.05) is 29.8 Å². The molecular formula is C28H27Cl2NO5. The fraction of sp³-hybridized carbons (Fsp3) is 0.250. The largest absolute Gasteiger partial charge is 0.457 e. The maximum atomic E-state index is 12.7. The van der Waals surface area contributed by atoms with Gasteiger partial charge in [0.15, 0.2) is 6.10 Å². The first-order valence-corrected chi connectivity index (χ1v) is 12.4. The third-order valence-corrected chi connectivity index (χ3v) is 5.86. The van der Waals surface area contributed by atoms with Gasteiger partial charge in [-0.3, -0.25) is 14.4 Å². The molecule has 0 heterocycles. The van der Waals surface area contributed by atoms with E-state index in [1.807, 2.05) is 32.0 Å². The summed E-state index contributed by atoms with van der Waals surface area (Å²) in [6, 6.07) is 19.2. The van der Waals surface area contributed by atoms with Gasteiger partial charge in [0.2, 0.25) is 11.7 Å². The highest BCUT2D eigenvalue weighted by Gasteiger charge is 2.24. The third kappa shape index (κ3) is 7.83. The van der Waals surface area contributed by atoms with Crippen molar-refractivity contribution in [3.63, 3.8) is 0 Å². The molecule has 3 aromatic carbocycles. The fourth-order valence-corrected chi connectivity index (χ4v) is 3.81. The number of alkyl halides is 1. The lowest BCUT2D eigenvalue weighted by Crippen LogP contribution is -2.28. The van der Waals surface area contributed by atoms with Gasteiger partial charge in [-0.05, 0) is 73.5 Å². The van der Waals surface area contributed by atoms with Crippen molar-refractivity contribution in [3.8, 4) is 11.5 Å². The maximum Gasteiger partial charge on any atom is 0.307 e. The second-order valence-corrected chi connectivity index (χ2v) is 9.04. The standard InChI is InChI=1S/C28H27Cl2NO5/c1-18-4-3-5-19(2)28(18)35-23-12-10-22(11-13-23)31-25(32)14-15-26(33)36-24(16-17-29)27(34)20-6-8-21(30)9-7-20/h3-13,24H,14-17H2,1-2H3,(H,31,32). The average molecular weight is 528 g/mol. The highest BCUT2D eigenvalue weighted by Crippen LogP contribution is 2.29. The van der Waals surface area contributed by atoms with Crippen LogP contribution in [0.4, 0.5) is 5.69 Å². The minimum Gasteiger partial charge on any atom is -0.457 e. The van der Waals surface area contributed by atoms with Gasteiger partial charge in [0.25, 0.3) is 0 Å². The minimum absolute atomic E-state index is 0.0950. The van der Waals surface area contributed by atoms with Gasteiger partial charge in [-0.25, -0.2) is 0 Å². The molecule has 6 nitrogen and oxygen atoms in total. The summed E-state index contributed by atoms with van der Waals surface area (Å²) in [6.07, 6.45) is -1.13. The Labute approximate surface area is 220 Å². The van der Waals surface area contributed by atoms with E-state index >= 15 is 0 Å². The van der Waals surface area contributed by atoms with Gasteiger partial charge in [0, 0.05) is 35.0 Å². The summed E-state index contributed by atoms with van der Waals surface area (Å²) in [7, 11) is 0. The number of rotatable bonds is 11. The number of hydrogen-bond acceptors (Lipinski definition) is 5. The summed E-state index contributed by atoms with van der Waals surface area (Å²) >= 11 is 11.6. The lowest BCUT2D eigenvalue weighted by Gasteiger charge is -2.16. The number of hydrogen-bond donors (Lipinski definition) is 1. The minimum atomic E-state index is -1.02. The zero-order valence-corrected chi connectivity index (χ0v) is 21.6. The van der Waals surface area contributed by atoms with Crippen molar-refractivity contribution in [2.45, 2.75) is 39.2 Å². The van der Waals surface area contributed by atoms with E-state index in [4.69, 9.17) is 32.7 Å². The first kappa shape index (κ1) is 27.2. The van der Waals surface area contributed by atoms with Crippen molar-refractivity contribution in [3.05, 3.63) is 88.4 Å². The molecule has 3 aromatic rings. The Balaban J connectivity index is 1.49. The summed E-state index contributed by atoms with van der Waals surface area (Å²) in [6.45, 7) is 3.96. The van der Waals surface area contributed by atoms with Crippen LogP contribution in [0.1, 0.15) is 40.7 Å². The number of ketones is 1. The highest BCUT2D eigenvalue weighted by molar-refractivity contribution is 6.30. The Morgan fingerprint density at radius 3 is 2.14 bits per heavy atom. The molecule has 1 atom stereocenters. The molecule has 36 heavy (non-hydrogen) atoms. The number of halogens is 2. The van der Waals surface area contributed by atoms with Crippen LogP contribution in [0.2, 0.25) is 5.02 Å². The molecule has 0 saturated carbocycles. The molecular weight excluding hydrogens is 501 g/mol. The first-order chi connectivity index (χ1) is 17.3. The molecule has 0 aliphatic carbocycles. The van der Waals surface area contributed by atoms with E-state index in [9.17, 15) is 14.4 Å². The van der Waals surface area contributed by atoms with Crippen LogP contribution in [0.25, 0.3) is 0 Å². The summed E-state index contributed by atoms with van der Waals surface area (Å²) in [5.41, 5.74) is 3.00. The van der Waals surface area contributed by atoms with Crippen molar-refractivity contribution in [1.29, 1.82) is 0 Å². The van der Waals surface area contributed by atoms with E-state index in [2.05, 4.69) is 5.32 Å². The number of Topliss-reactive ketones (excluding diaryl/α,β-unsaturated/α-hetero) is 1. The van der Waals surface area contributed by atoms with E-state index in [1.165, 1.54) is 0 Å². The van der Waals surface area contributed by atoms with E-state index in [1.54, 1.807) is 48.5 Å². The third-order valence-electron chi connectivity index (χ3n) is 5.39. The smallest absolute Gasteiger partial charge is 0.307 e. The van der Waals surface area contributed by atoms with E-state index in [0.717, 1.165) is 16.9 Å². The number of esters is 1. The predicted octanol–water partition coefficient (Wildman–Crippen LogP) is 6.89. The SMILES string of the molecule is Cc1cccc(C)c1Oc1ccc(NC(=O)CCC(=O)OC(CCCl)C(=O)c2ccc(Cl)cc2)cc1. The van der Waals surface area contributed by atoms with Crippen LogP contribution in [-0.2, 0) is 14.3 Å². The number of carbonyl (C=O) groups excluding carboxylic acids is 3. The van der Waals surface area contributed by atoms with Crippen LogP contribution >= 0.6 is 23.2 Å². The van der Waals surface area contributed by atoms with Crippen LogP contribution in [0.15, 0.2) is 66.7 Å². The Bertz CT molecular complexity index is 1190. The van der Waals surface area contributed by atoms with Crippen LogP contribution in [0.3, 0.4) is 0 Å². The first-order valence-electron chi connectivity index (χ1n) is 11.5. The zero-order valence-electron chi connectivity index (χ0n) is 20.1. The number of anilines is 1. The van der Waals surface area contributed by atoms with E-state index in [-0.39, 0.29) is 36.8 Å². The number of para-hydroxylation sites is 1. The van der Waals surface area contributed by atoms with Gasteiger partial charge >= 0.3 is 5.97 Å². The molecule has 188 valence electrons. The Morgan fingerprint density at radius 2 is 1.53 bits per heavy atom. The normalized spacial score (nSPS) is 11.4. The van der Waals surface area contributed by atoms with Gasteiger partial charge in [0.1, 0.15) is 11.5 Å². The second-order valence-electron chi connectivity index (χ2n) is 8.22. The summed E-state index contributed by atoms with van der Waals surface area (Å²) in [4.78, 5) is 37.3. The Hall–Kier alpha value is -3.35. The molecule has 0 spiro atoms. The van der Waals surface area contributed by atoms with Crippen molar-refractivity contribution in [2.24, 2.45) is 0 Å². The summed E-state index contributed by atoms with van der Waals surface area (Å²) < 4.78 is 11.3. The second kappa shape index (κ2) is 13.1. The molecule has 8 heteroatoms. The molecule has 0 aliphatic rings. The molecule has 0 fully saturated rings. The summed E-state index contributed by atoms with van der Waals surface area (Å²) in [5, 5.41) is 3.23. The topological polar surface area (TPSA) is 81.7 Å². The number of ether oxygens (including phenoxy) is 2. The molecule has 0 bridgehead atoms. The van der Waals surface area contributed by atoms with Crippen molar-refractivity contribution < 1.29 is 23.9 Å². The number of aryl methyl sites for hydroxylation is 2. The Morgan fingerprint density at radius 1 is 0.889 bits per heavy atom. The molecule has 0 aliphatic heterocycles. The molecule has 1 unspecified atom stereocenters. The van der Waals surface area contributed by atoms with Crippen molar-refractivity contribution in [2.75, 3.05) is 11.2 Å². The molecule has 3 rings (SSSR count). The number of carbonyl (C=O) groups is 3. The van der Waals surface area contributed by atoms with Gasteiger partial charge in [-0.15, -0.1) is 11.6 Å². The molecule has 0 aromatic heterocycles. The highest BCUT2D eigenvalue weighted by atomic mass is 35.5. The monoisotopic (exact) mass is 527 g/mol. The van der Waals surface area contributed by atoms with Crippen LogP contribution in [0, 0.1) is 13.8 Å². The number of nitrogens with one attached hydrogen (secondary N) is 1. The van der Waals surface area contributed by atoms with Crippen LogP contribution in [0.5, 0.6) is 11.5 Å². The fourth-order valence-electron chi connectivity index (χ4n) is 3.48. The summed E-state index contributed by atoms with van der Waals surface area (Å²) in [5.74, 6) is 0.210. The van der Waals surface area contributed by atoms with Crippen molar-refractivity contribution >= 4 is 46.5 Å². The zero-order chi connectivity index (χ0) is 26.1. The quantitative estimate of drug-likeness (QED) is 0.167. The Kier molecular flexibility index (Phi) is 9.91. The number of amides is 1. The van der Waals surface area contributed by atoms with Crippen LogP contribution < -0.4 is 10.1 Å². The van der Waals surface area contributed by atoms with Gasteiger partial charge < -0.3 is 14.8 Å².